The largest absolute Gasteiger partial charge is 0.397 e. The van der Waals surface area contributed by atoms with E-state index in [9.17, 15) is 0 Å². The minimum Gasteiger partial charge on any atom is -0.397 e. The van der Waals surface area contributed by atoms with Crippen molar-refractivity contribution in [1.82, 2.24) is 9.88 Å². The maximum Gasteiger partial charge on any atom is 0.0549 e. The number of aromatic nitrogens is 1. The van der Waals surface area contributed by atoms with Gasteiger partial charge < -0.3 is 16.0 Å². The molecule has 3 rings (SSSR count). The number of fused-ring (bicyclic) bond motifs is 2. The molecule has 0 amide bonds. The molecule has 3 heterocycles. The number of nitrogens with one attached hydrogen (secondary N) is 1. The first-order valence-electron chi connectivity index (χ1n) is 6.91. The maximum absolute atomic E-state index is 5.77. The molecule has 18 heavy (non-hydrogen) atoms. The molecule has 0 spiro atoms. The minimum atomic E-state index is 0.570. The van der Waals surface area contributed by atoms with Crippen LogP contribution in [0.4, 0.5) is 11.4 Å². The second-order valence-electron chi connectivity index (χ2n) is 5.72. The number of nitrogen functional groups attached to an aromatic ring is 1. The van der Waals surface area contributed by atoms with Crippen molar-refractivity contribution in [2.45, 2.75) is 50.2 Å². The Morgan fingerprint density at radius 3 is 2.67 bits per heavy atom. The van der Waals surface area contributed by atoms with Crippen molar-refractivity contribution in [2.75, 3.05) is 18.1 Å². The van der Waals surface area contributed by atoms with E-state index < -0.39 is 0 Å². The van der Waals surface area contributed by atoms with Gasteiger partial charge >= 0.3 is 0 Å². The number of nitrogens with two attached hydrogens (primary N) is 1. The van der Waals surface area contributed by atoms with Crippen LogP contribution in [0.5, 0.6) is 0 Å². The molecule has 4 nitrogen and oxygen atoms in total. The molecule has 0 aliphatic carbocycles. The van der Waals surface area contributed by atoms with E-state index in [0.29, 0.717) is 6.04 Å². The zero-order chi connectivity index (χ0) is 12.5. The number of hydrogen-bond donors (Lipinski definition) is 2. The molecule has 0 aromatic carbocycles. The Labute approximate surface area is 109 Å². The Hall–Kier alpha value is -1.29. The van der Waals surface area contributed by atoms with Crippen LogP contribution in [0.15, 0.2) is 18.5 Å². The van der Waals surface area contributed by atoms with Crippen molar-refractivity contribution < 1.29 is 0 Å². The Balaban J connectivity index is 1.68. The third kappa shape index (κ3) is 2.29. The van der Waals surface area contributed by atoms with Gasteiger partial charge in [0.05, 0.1) is 17.6 Å². The number of hydrogen-bond acceptors (Lipinski definition) is 4. The number of nitrogens with zero attached hydrogens (tertiary/aromatic N) is 2. The van der Waals surface area contributed by atoms with Crippen LogP contribution in [0.1, 0.15) is 32.1 Å². The average Bonchev–Trinajstić information content (AvgIpc) is 2.30. The first-order chi connectivity index (χ1) is 8.72. The average molecular weight is 246 g/mol. The van der Waals surface area contributed by atoms with Gasteiger partial charge in [-0.15, -0.1) is 0 Å². The minimum absolute atomic E-state index is 0.570. The van der Waals surface area contributed by atoms with E-state index in [-0.39, 0.29) is 0 Å². The predicted octanol–water partition coefficient (Wildman–Crippen LogP) is 2.09. The Morgan fingerprint density at radius 2 is 2.00 bits per heavy atom. The molecule has 1 aromatic heterocycles. The zero-order valence-electron chi connectivity index (χ0n) is 11.0. The standard InChI is InChI=1S/C14H22N4/c1-18-13-3-2-4-14(18)7-11(6-13)17-12-5-10(15)8-16-9-12/h5,8-9,11,13-14,17H,2-4,6-7,15H2,1H3. The number of piperidine rings is 2. The van der Waals surface area contributed by atoms with Gasteiger partial charge in [0.25, 0.3) is 0 Å². The second kappa shape index (κ2) is 4.76. The van der Waals surface area contributed by atoms with Crippen LogP contribution in [-0.4, -0.2) is 35.1 Å². The molecule has 2 atom stereocenters. The lowest BCUT2D eigenvalue weighted by Gasteiger charge is -2.47. The van der Waals surface area contributed by atoms with E-state index in [4.69, 9.17) is 5.73 Å². The van der Waals surface area contributed by atoms with Crippen molar-refractivity contribution >= 4 is 11.4 Å². The molecule has 4 heteroatoms. The van der Waals surface area contributed by atoms with Crippen LogP contribution in [0, 0.1) is 0 Å². The molecule has 2 aliphatic rings. The normalized spacial score (nSPS) is 32.2. The first kappa shape index (κ1) is 11.8. The van der Waals surface area contributed by atoms with Crippen LogP contribution < -0.4 is 11.1 Å². The fourth-order valence-corrected chi connectivity index (χ4v) is 3.51. The number of rotatable bonds is 2. The molecule has 3 N–H and O–H groups in total. The SMILES string of the molecule is CN1C2CCCC1CC(Nc1cncc(N)c1)C2. The Kier molecular flexibility index (Phi) is 3.12. The van der Waals surface area contributed by atoms with Crippen molar-refractivity contribution in [2.24, 2.45) is 0 Å². The second-order valence-corrected chi connectivity index (χ2v) is 5.72. The van der Waals surface area contributed by atoms with E-state index in [0.717, 1.165) is 23.5 Å². The van der Waals surface area contributed by atoms with Crippen LogP contribution in [0.2, 0.25) is 0 Å². The molecule has 2 unspecified atom stereocenters. The van der Waals surface area contributed by atoms with Crippen LogP contribution in [0.25, 0.3) is 0 Å². The van der Waals surface area contributed by atoms with Gasteiger partial charge in [0.1, 0.15) is 0 Å². The third-order valence-corrected chi connectivity index (χ3v) is 4.47. The predicted molar refractivity (Wildman–Crippen MR) is 74.5 cm³/mol. The van der Waals surface area contributed by atoms with Crippen LogP contribution in [-0.2, 0) is 0 Å². The fraction of sp³-hybridized carbons (Fsp3) is 0.643. The van der Waals surface area contributed by atoms with Gasteiger partial charge in [-0.05, 0) is 38.8 Å². The summed E-state index contributed by atoms with van der Waals surface area (Å²) in [7, 11) is 2.28. The van der Waals surface area contributed by atoms with E-state index in [1.54, 1.807) is 6.20 Å². The summed E-state index contributed by atoms with van der Waals surface area (Å²) in [6, 6.07) is 4.05. The Morgan fingerprint density at radius 1 is 1.28 bits per heavy atom. The molecule has 2 fully saturated rings. The summed E-state index contributed by atoms with van der Waals surface area (Å²) in [6.45, 7) is 0. The van der Waals surface area contributed by atoms with Gasteiger partial charge in [0, 0.05) is 24.3 Å². The highest BCUT2D eigenvalue weighted by atomic mass is 15.2. The first-order valence-corrected chi connectivity index (χ1v) is 6.91. The van der Waals surface area contributed by atoms with Gasteiger partial charge in [0.2, 0.25) is 0 Å². The van der Waals surface area contributed by atoms with E-state index in [1.165, 1.54) is 32.1 Å². The molecular weight excluding hydrogens is 224 g/mol. The van der Waals surface area contributed by atoms with Crippen LogP contribution in [0.3, 0.4) is 0 Å². The fourth-order valence-electron chi connectivity index (χ4n) is 3.51. The van der Waals surface area contributed by atoms with Crippen molar-refractivity contribution in [3.63, 3.8) is 0 Å². The summed E-state index contributed by atoms with van der Waals surface area (Å²) in [5.41, 5.74) is 7.55. The lowest BCUT2D eigenvalue weighted by molar-refractivity contribution is 0.0608. The summed E-state index contributed by atoms with van der Waals surface area (Å²) >= 11 is 0. The summed E-state index contributed by atoms with van der Waals surface area (Å²) in [4.78, 5) is 6.72. The molecule has 98 valence electrons. The lowest BCUT2D eigenvalue weighted by Crippen LogP contribution is -2.52. The van der Waals surface area contributed by atoms with Gasteiger partial charge in [-0.2, -0.15) is 0 Å². The number of pyridine rings is 1. The molecule has 0 radical (unpaired) electrons. The molecule has 2 bridgehead atoms. The topological polar surface area (TPSA) is 54.2 Å². The molecule has 0 saturated carbocycles. The van der Waals surface area contributed by atoms with Crippen molar-refractivity contribution in [3.8, 4) is 0 Å². The lowest BCUT2D eigenvalue weighted by atomic mass is 9.82. The monoisotopic (exact) mass is 246 g/mol. The van der Waals surface area contributed by atoms with Gasteiger partial charge in [-0.3, -0.25) is 4.98 Å². The highest BCUT2D eigenvalue weighted by Crippen LogP contribution is 2.33. The summed E-state index contributed by atoms with van der Waals surface area (Å²) < 4.78 is 0. The summed E-state index contributed by atoms with van der Waals surface area (Å²) in [5.74, 6) is 0. The third-order valence-electron chi connectivity index (χ3n) is 4.47. The highest BCUT2D eigenvalue weighted by Gasteiger charge is 2.35. The molecule has 2 saturated heterocycles. The van der Waals surface area contributed by atoms with Crippen molar-refractivity contribution in [1.29, 1.82) is 0 Å². The molecule has 2 aliphatic heterocycles. The number of anilines is 2. The quantitative estimate of drug-likeness (QED) is 0.839. The van der Waals surface area contributed by atoms with Gasteiger partial charge in [-0.25, -0.2) is 0 Å². The smallest absolute Gasteiger partial charge is 0.0549 e. The molecular formula is C14H22N4. The van der Waals surface area contributed by atoms with E-state index in [2.05, 4.69) is 22.2 Å². The summed E-state index contributed by atoms with van der Waals surface area (Å²) in [5, 5.41) is 3.60. The Bertz CT molecular complexity index is 406. The molecule has 1 aromatic rings. The van der Waals surface area contributed by atoms with Crippen molar-refractivity contribution in [3.05, 3.63) is 18.5 Å². The highest BCUT2D eigenvalue weighted by molar-refractivity contribution is 5.51. The van der Waals surface area contributed by atoms with E-state index >= 15 is 0 Å². The van der Waals surface area contributed by atoms with E-state index in [1.807, 2.05) is 12.3 Å². The van der Waals surface area contributed by atoms with Gasteiger partial charge in [-0.1, -0.05) is 6.42 Å². The zero-order valence-corrected chi connectivity index (χ0v) is 11.0. The maximum atomic E-state index is 5.77. The van der Waals surface area contributed by atoms with Crippen LogP contribution >= 0.6 is 0 Å². The summed E-state index contributed by atoms with van der Waals surface area (Å²) in [6.07, 6.45) is 10.1. The van der Waals surface area contributed by atoms with Gasteiger partial charge in [0.15, 0.2) is 0 Å².